The predicted molar refractivity (Wildman–Crippen MR) is 80.5 cm³/mol. The summed E-state index contributed by atoms with van der Waals surface area (Å²) >= 11 is 1.46. The van der Waals surface area contributed by atoms with Crippen molar-refractivity contribution in [2.75, 3.05) is 24.1 Å². The number of fused-ring (bicyclic) bond motifs is 1. The highest BCUT2D eigenvalue weighted by Crippen LogP contribution is 2.26. The van der Waals surface area contributed by atoms with E-state index in [1.807, 2.05) is 4.90 Å². The minimum absolute atomic E-state index is 0.210. The summed E-state index contributed by atoms with van der Waals surface area (Å²) in [7, 11) is 0. The van der Waals surface area contributed by atoms with Crippen LogP contribution in [0.5, 0.6) is 0 Å². The lowest BCUT2D eigenvalue weighted by molar-refractivity contribution is -0.117. The highest BCUT2D eigenvalue weighted by molar-refractivity contribution is 7.15. The molecule has 5 nitrogen and oxygen atoms in total. The van der Waals surface area contributed by atoms with Crippen molar-refractivity contribution in [3.63, 3.8) is 0 Å². The second-order valence-corrected chi connectivity index (χ2v) is 6.03. The summed E-state index contributed by atoms with van der Waals surface area (Å²) in [5.74, 6) is -0.650. The lowest BCUT2D eigenvalue weighted by atomic mass is 10.2. The fraction of sp³-hybridized carbons (Fsp3) is 0.286. The molecule has 0 fully saturated rings. The molecule has 7 heteroatoms. The van der Waals surface area contributed by atoms with E-state index in [2.05, 4.69) is 10.3 Å². The predicted octanol–water partition coefficient (Wildman–Crippen LogP) is 1.86. The summed E-state index contributed by atoms with van der Waals surface area (Å²) in [4.78, 5) is 19.4. The van der Waals surface area contributed by atoms with E-state index in [0.29, 0.717) is 11.7 Å². The summed E-state index contributed by atoms with van der Waals surface area (Å²) in [6.45, 7) is 1.64. The van der Waals surface area contributed by atoms with Gasteiger partial charge in [0.25, 0.3) is 0 Å². The van der Waals surface area contributed by atoms with Crippen molar-refractivity contribution in [1.29, 1.82) is 0 Å². The molecule has 2 heterocycles. The van der Waals surface area contributed by atoms with Crippen molar-refractivity contribution in [3.05, 3.63) is 40.7 Å². The number of nitrogen functional groups attached to an aromatic ring is 1. The molecular formula is C14H15FN4OS. The fourth-order valence-corrected chi connectivity index (χ4v) is 3.28. The average Bonchev–Trinajstić information content (AvgIpc) is 2.80. The van der Waals surface area contributed by atoms with Gasteiger partial charge in [0, 0.05) is 24.4 Å². The van der Waals surface area contributed by atoms with E-state index in [9.17, 15) is 9.18 Å². The molecule has 0 saturated heterocycles. The van der Waals surface area contributed by atoms with Crippen molar-refractivity contribution in [1.82, 2.24) is 9.88 Å². The van der Waals surface area contributed by atoms with Gasteiger partial charge in [-0.05, 0) is 12.1 Å². The summed E-state index contributed by atoms with van der Waals surface area (Å²) in [5.41, 5.74) is 6.93. The molecule has 1 aliphatic heterocycles. The van der Waals surface area contributed by atoms with Gasteiger partial charge in [0.15, 0.2) is 5.13 Å². The van der Waals surface area contributed by atoms with Gasteiger partial charge in [0.2, 0.25) is 5.91 Å². The second kappa shape index (κ2) is 5.79. The minimum Gasteiger partial charge on any atom is -0.375 e. The third kappa shape index (κ3) is 3.20. The van der Waals surface area contributed by atoms with Gasteiger partial charge in [-0.1, -0.05) is 12.1 Å². The van der Waals surface area contributed by atoms with Gasteiger partial charge in [-0.25, -0.2) is 9.37 Å². The number of para-hydroxylation sites is 1. The standard InChI is InChI=1S/C14H15FN4OS/c15-9-3-1-2-4-10(9)17-13(20)8-19-6-5-11-12(7-19)21-14(16)18-11/h1-4H,5-8H2,(H2,16,18)(H,17,20). The molecular weight excluding hydrogens is 291 g/mol. The van der Waals surface area contributed by atoms with Crippen molar-refractivity contribution >= 4 is 28.1 Å². The van der Waals surface area contributed by atoms with E-state index in [0.717, 1.165) is 23.5 Å². The Bertz CT molecular complexity index is 673. The number of anilines is 2. The first-order valence-electron chi connectivity index (χ1n) is 6.62. The molecule has 1 amide bonds. The number of nitrogens with zero attached hydrogens (tertiary/aromatic N) is 2. The first-order valence-corrected chi connectivity index (χ1v) is 7.44. The van der Waals surface area contributed by atoms with Gasteiger partial charge in [-0.2, -0.15) is 0 Å². The molecule has 0 bridgehead atoms. The zero-order chi connectivity index (χ0) is 14.8. The largest absolute Gasteiger partial charge is 0.375 e. The maximum atomic E-state index is 13.5. The monoisotopic (exact) mass is 306 g/mol. The number of aromatic nitrogens is 1. The number of halogens is 1. The smallest absolute Gasteiger partial charge is 0.238 e. The van der Waals surface area contributed by atoms with Gasteiger partial charge in [0.05, 0.1) is 17.9 Å². The molecule has 0 unspecified atom stereocenters. The number of thiazole rings is 1. The van der Waals surface area contributed by atoms with E-state index >= 15 is 0 Å². The van der Waals surface area contributed by atoms with E-state index < -0.39 is 5.82 Å². The maximum Gasteiger partial charge on any atom is 0.238 e. The normalized spacial score (nSPS) is 14.7. The minimum atomic E-state index is -0.429. The van der Waals surface area contributed by atoms with Crippen molar-refractivity contribution in [2.45, 2.75) is 13.0 Å². The third-order valence-corrected chi connectivity index (χ3v) is 4.25. The van der Waals surface area contributed by atoms with Crippen LogP contribution in [0.3, 0.4) is 0 Å². The van der Waals surface area contributed by atoms with Crippen LogP contribution in [-0.4, -0.2) is 28.9 Å². The Morgan fingerprint density at radius 1 is 1.48 bits per heavy atom. The van der Waals surface area contributed by atoms with E-state index in [1.54, 1.807) is 18.2 Å². The SMILES string of the molecule is Nc1nc2c(s1)CN(CC(=O)Nc1ccccc1F)CC2. The Balaban J connectivity index is 1.60. The van der Waals surface area contributed by atoms with Crippen LogP contribution in [0.1, 0.15) is 10.6 Å². The number of amides is 1. The molecule has 0 atom stereocenters. The summed E-state index contributed by atoms with van der Waals surface area (Å²) in [6, 6.07) is 6.14. The quantitative estimate of drug-likeness (QED) is 0.908. The number of nitrogens with one attached hydrogen (secondary N) is 1. The molecule has 1 aliphatic rings. The molecule has 3 rings (SSSR count). The van der Waals surface area contributed by atoms with Crippen LogP contribution < -0.4 is 11.1 Å². The van der Waals surface area contributed by atoms with Crippen LogP contribution in [0.2, 0.25) is 0 Å². The van der Waals surface area contributed by atoms with Gasteiger partial charge in [-0.15, -0.1) is 11.3 Å². The van der Waals surface area contributed by atoms with E-state index in [4.69, 9.17) is 5.73 Å². The van der Waals surface area contributed by atoms with Crippen LogP contribution in [0.25, 0.3) is 0 Å². The molecule has 0 radical (unpaired) electrons. The summed E-state index contributed by atoms with van der Waals surface area (Å²) < 4.78 is 13.5. The van der Waals surface area contributed by atoms with Crippen molar-refractivity contribution in [2.24, 2.45) is 0 Å². The number of hydrogen-bond acceptors (Lipinski definition) is 5. The lowest BCUT2D eigenvalue weighted by Gasteiger charge is -2.25. The topological polar surface area (TPSA) is 71.2 Å². The van der Waals surface area contributed by atoms with Crippen LogP contribution in [0.4, 0.5) is 15.2 Å². The number of benzene rings is 1. The van der Waals surface area contributed by atoms with Crippen LogP contribution in [-0.2, 0) is 17.8 Å². The Labute approximate surface area is 125 Å². The molecule has 1 aromatic carbocycles. The number of carbonyl (C=O) groups is 1. The molecule has 110 valence electrons. The van der Waals surface area contributed by atoms with Gasteiger partial charge >= 0.3 is 0 Å². The Kier molecular flexibility index (Phi) is 3.85. The van der Waals surface area contributed by atoms with Crippen molar-refractivity contribution in [3.8, 4) is 0 Å². The zero-order valence-corrected chi connectivity index (χ0v) is 12.1. The van der Waals surface area contributed by atoms with Crippen LogP contribution >= 0.6 is 11.3 Å². The third-order valence-electron chi connectivity index (χ3n) is 3.34. The summed E-state index contributed by atoms with van der Waals surface area (Å²) in [5, 5.41) is 3.16. The van der Waals surface area contributed by atoms with E-state index in [1.165, 1.54) is 17.4 Å². The molecule has 0 saturated carbocycles. The number of rotatable bonds is 3. The Hall–Kier alpha value is -1.99. The fourth-order valence-electron chi connectivity index (χ4n) is 2.36. The van der Waals surface area contributed by atoms with E-state index in [-0.39, 0.29) is 18.1 Å². The molecule has 0 aliphatic carbocycles. The molecule has 3 N–H and O–H groups in total. The van der Waals surface area contributed by atoms with Gasteiger partial charge in [-0.3, -0.25) is 9.69 Å². The highest BCUT2D eigenvalue weighted by atomic mass is 32.1. The Morgan fingerprint density at radius 3 is 3.10 bits per heavy atom. The molecule has 0 spiro atoms. The first-order chi connectivity index (χ1) is 10.1. The summed E-state index contributed by atoms with van der Waals surface area (Å²) in [6.07, 6.45) is 0.788. The highest BCUT2D eigenvalue weighted by Gasteiger charge is 2.21. The van der Waals surface area contributed by atoms with Gasteiger partial charge < -0.3 is 11.1 Å². The Morgan fingerprint density at radius 2 is 2.29 bits per heavy atom. The average molecular weight is 306 g/mol. The first kappa shape index (κ1) is 14.0. The second-order valence-electron chi connectivity index (χ2n) is 4.91. The molecule has 21 heavy (non-hydrogen) atoms. The maximum absolute atomic E-state index is 13.5. The zero-order valence-electron chi connectivity index (χ0n) is 11.3. The number of nitrogens with two attached hydrogens (primary N) is 1. The molecule has 1 aromatic heterocycles. The van der Waals surface area contributed by atoms with Gasteiger partial charge in [0.1, 0.15) is 5.82 Å². The number of hydrogen-bond donors (Lipinski definition) is 2. The van der Waals surface area contributed by atoms with Crippen molar-refractivity contribution < 1.29 is 9.18 Å². The van der Waals surface area contributed by atoms with Crippen LogP contribution in [0, 0.1) is 5.82 Å². The lowest BCUT2D eigenvalue weighted by Crippen LogP contribution is -2.36. The van der Waals surface area contributed by atoms with Crippen LogP contribution in [0.15, 0.2) is 24.3 Å². The number of carbonyl (C=O) groups excluding carboxylic acids is 1. The molecule has 2 aromatic rings.